The fourth-order valence-corrected chi connectivity index (χ4v) is 3.09. The van der Waals surface area contributed by atoms with Crippen LogP contribution in [0.15, 0.2) is 23.8 Å². The van der Waals surface area contributed by atoms with Crippen LogP contribution < -0.4 is 9.88 Å². The number of fused-ring (bicyclic) bond motifs is 1. The average molecular weight is 288 g/mol. The van der Waals surface area contributed by atoms with Crippen molar-refractivity contribution >= 4 is 28.3 Å². The Morgan fingerprint density at radius 3 is 3.05 bits per heavy atom. The molecule has 0 radical (unpaired) electrons. The zero-order valence-electron chi connectivity index (χ0n) is 11.7. The minimum absolute atomic E-state index is 0.772. The standard InChI is InChI=1S/C14H17N5S/c1-3-4-6-10-18-13-12(16-9-17-13)14(15-2)19(10)11-7-5-8-20-11/h5,7-9H,3-4,6H2,1-2H3,(H,15,16,17)/p+1. The fraction of sp³-hybridized carbons (Fsp3) is 0.357. The Labute approximate surface area is 121 Å². The van der Waals surface area contributed by atoms with Crippen LogP contribution in [-0.4, -0.2) is 22.0 Å². The first-order valence-electron chi connectivity index (χ1n) is 6.84. The average Bonchev–Trinajstić information content (AvgIpc) is 3.13. The number of hydrogen-bond donors (Lipinski definition) is 2. The van der Waals surface area contributed by atoms with E-state index >= 15 is 0 Å². The molecule has 104 valence electrons. The lowest BCUT2D eigenvalue weighted by Crippen LogP contribution is -2.39. The molecule has 2 N–H and O–H groups in total. The molecule has 0 aliphatic carbocycles. The van der Waals surface area contributed by atoms with Crippen molar-refractivity contribution in [3.8, 4) is 5.00 Å². The lowest BCUT2D eigenvalue weighted by Gasteiger charge is -2.09. The maximum atomic E-state index is 4.72. The van der Waals surface area contributed by atoms with Crippen molar-refractivity contribution in [2.24, 2.45) is 0 Å². The van der Waals surface area contributed by atoms with Gasteiger partial charge in [-0.1, -0.05) is 18.3 Å². The summed E-state index contributed by atoms with van der Waals surface area (Å²) in [7, 11) is 1.93. The Bertz CT molecular complexity index is 702. The molecular formula is C14H18N5S+. The summed E-state index contributed by atoms with van der Waals surface area (Å²) in [6.45, 7) is 2.20. The third-order valence-electron chi connectivity index (χ3n) is 3.29. The monoisotopic (exact) mass is 288 g/mol. The molecule has 0 fully saturated rings. The number of nitrogens with zero attached hydrogens (tertiary/aromatic N) is 3. The first kappa shape index (κ1) is 13.1. The normalized spacial score (nSPS) is 11.1. The third-order valence-corrected chi connectivity index (χ3v) is 4.14. The quantitative estimate of drug-likeness (QED) is 0.710. The number of imidazole rings is 1. The van der Waals surface area contributed by atoms with Gasteiger partial charge in [-0.25, -0.2) is 4.98 Å². The number of thiophene rings is 1. The Balaban J connectivity index is 2.25. The summed E-state index contributed by atoms with van der Waals surface area (Å²) in [5.41, 5.74) is 1.72. The highest BCUT2D eigenvalue weighted by molar-refractivity contribution is 7.12. The van der Waals surface area contributed by atoms with Gasteiger partial charge in [-0.15, -0.1) is 11.3 Å². The van der Waals surface area contributed by atoms with Crippen molar-refractivity contribution in [1.29, 1.82) is 0 Å². The van der Waals surface area contributed by atoms with Crippen LogP contribution in [0.5, 0.6) is 0 Å². The van der Waals surface area contributed by atoms with E-state index in [1.54, 1.807) is 17.7 Å². The third kappa shape index (κ3) is 2.16. The Kier molecular flexibility index (Phi) is 3.64. The molecule has 3 heterocycles. The van der Waals surface area contributed by atoms with Crippen molar-refractivity contribution in [2.45, 2.75) is 26.2 Å². The predicted molar refractivity (Wildman–Crippen MR) is 81.5 cm³/mol. The molecule has 5 nitrogen and oxygen atoms in total. The molecule has 0 unspecified atom stereocenters. The zero-order chi connectivity index (χ0) is 13.9. The van der Waals surface area contributed by atoms with E-state index in [0.717, 1.165) is 42.1 Å². The second kappa shape index (κ2) is 5.58. The van der Waals surface area contributed by atoms with Crippen molar-refractivity contribution in [2.75, 3.05) is 12.4 Å². The van der Waals surface area contributed by atoms with E-state index in [2.05, 4.69) is 44.3 Å². The minimum atomic E-state index is 0.772. The van der Waals surface area contributed by atoms with Gasteiger partial charge in [-0.3, -0.25) is 0 Å². The van der Waals surface area contributed by atoms with Crippen LogP contribution in [0.4, 0.5) is 5.82 Å². The summed E-state index contributed by atoms with van der Waals surface area (Å²) in [4.78, 5) is 12.2. The van der Waals surface area contributed by atoms with Gasteiger partial charge in [0, 0.05) is 13.5 Å². The van der Waals surface area contributed by atoms with Gasteiger partial charge in [-0.2, -0.15) is 4.57 Å². The van der Waals surface area contributed by atoms with Gasteiger partial charge in [0.05, 0.1) is 6.33 Å². The molecule has 0 atom stereocenters. The maximum Gasteiger partial charge on any atom is 0.260 e. The molecule has 3 aromatic heterocycles. The van der Waals surface area contributed by atoms with Crippen LogP contribution in [-0.2, 0) is 6.42 Å². The highest BCUT2D eigenvalue weighted by atomic mass is 32.1. The van der Waals surface area contributed by atoms with E-state index in [9.17, 15) is 0 Å². The molecule has 0 spiro atoms. The topological polar surface area (TPSA) is 57.5 Å². The molecule has 0 bridgehead atoms. The molecule has 6 heteroatoms. The first-order valence-corrected chi connectivity index (χ1v) is 7.72. The summed E-state index contributed by atoms with van der Waals surface area (Å²) < 4.78 is 2.20. The lowest BCUT2D eigenvalue weighted by molar-refractivity contribution is -0.587. The summed E-state index contributed by atoms with van der Waals surface area (Å²) >= 11 is 1.71. The zero-order valence-corrected chi connectivity index (χ0v) is 12.5. The second-order valence-electron chi connectivity index (χ2n) is 4.62. The number of aromatic amines is 1. The lowest BCUT2D eigenvalue weighted by atomic mass is 10.2. The molecule has 3 aromatic rings. The molecular weight excluding hydrogens is 270 g/mol. The number of aromatic nitrogens is 4. The fourth-order valence-electron chi connectivity index (χ4n) is 2.33. The van der Waals surface area contributed by atoms with E-state index < -0.39 is 0 Å². The second-order valence-corrected chi connectivity index (χ2v) is 5.54. The number of H-pyrrole nitrogens is 1. The predicted octanol–water partition coefficient (Wildman–Crippen LogP) is 2.68. The Morgan fingerprint density at radius 2 is 2.35 bits per heavy atom. The van der Waals surface area contributed by atoms with Crippen LogP contribution in [0.3, 0.4) is 0 Å². The summed E-state index contributed by atoms with van der Waals surface area (Å²) in [5.74, 6) is 2.07. The number of unbranched alkanes of at least 4 members (excludes halogenated alkanes) is 1. The van der Waals surface area contributed by atoms with Crippen LogP contribution in [0, 0.1) is 0 Å². The largest absolute Gasteiger partial charge is 0.336 e. The van der Waals surface area contributed by atoms with Crippen LogP contribution in [0.2, 0.25) is 0 Å². The summed E-state index contributed by atoms with van der Waals surface area (Å²) in [6.07, 6.45) is 4.92. The van der Waals surface area contributed by atoms with Crippen molar-refractivity contribution in [3.05, 3.63) is 29.7 Å². The van der Waals surface area contributed by atoms with Gasteiger partial charge in [0.1, 0.15) is 0 Å². The maximum absolute atomic E-state index is 4.72. The SMILES string of the molecule is CCCCc1nc2nc[nH]c2c(NC)[n+]1-c1cccs1. The minimum Gasteiger partial charge on any atom is -0.336 e. The van der Waals surface area contributed by atoms with Crippen molar-refractivity contribution in [3.63, 3.8) is 0 Å². The summed E-state index contributed by atoms with van der Waals surface area (Å²) in [6, 6.07) is 4.18. The van der Waals surface area contributed by atoms with Gasteiger partial charge in [-0.05, 0) is 23.9 Å². The molecule has 20 heavy (non-hydrogen) atoms. The molecule has 3 rings (SSSR count). The number of anilines is 1. The molecule has 0 aliphatic rings. The molecule has 0 aromatic carbocycles. The smallest absolute Gasteiger partial charge is 0.260 e. The van der Waals surface area contributed by atoms with Crippen LogP contribution >= 0.6 is 11.3 Å². The number of rotatable bonds is 5. The van der Waals surface area contributed by atoms with Crippen LogP contribution in [0.1, 0.15) is 25.6 Å². The molecule has 0 saturated carbocycles. The van der Waals surface area contributed by atoms with Crippen molar-refractivity contribution in [1.82, 2.24) is 15.0 Å². The molecule has 0 amide bonds. The van der Waals surface area contributed by atoms with E-state index in [1.807, 2.05) is 7.05 Å². The highest BCUT2D eigenvalue weighted by Crippen LogP contribution is 2.20. The van der Waals surface area contributed by atoms with Crippen LogP contribution in [0.25, 0.3) is 16.2 Å². The van der Waals surface area contributed by atoms with Gasteiger partial charge < -0.3 is 10.3 Å². The van der Waals surface area contributed by atoms with E-state index in [4.69, 9.17) is 4.98 Å². The van der Waals surface area contributed by atoms with Gasteiger partial charge in [0.15, 0.2) is 10.5 Å². The van der Waals surface area contributed by atoms with Gasteiger partial charge >= 0.3 is 0 Å². The molecule has 0 saturated heterocycles. The van der Waals surface area contributed by atoms with Gasteiger partial charge in [0.25, 0.3) is 11.5 Å². The van der Waals surface area contributed by atoms with E-state index in [1.165, 1.54) is 5.00 Å². The summed E-state index contributed by atoms with van der Waals surface area (Å²) in [5, 5.41) is 6.54. The number of hydrogen-bond acceptors (Lipinski definition) is 4. The molecule has 0 aliphatic heterocycles. The Morgan fingerprint density at radius 1 is 1.45 bits per heavy atom. The highest BCUT2D eigenvalue weighted by Gasteiger charge is 2.23. The number of nitrogens with one attached hydrogen (secondary N) is 2. The van der Waals surface area contributed by atoms with E-state index in [-0.39, 0.29) is 0 Å². The van der Waals surface area contributed by atoms with E-state index in [0.29, 0.717) is 0 Å². The first-order chi connectivity index (χ1) is 9.85. The van der Waals surface area contributed by atoms with Gasteiger partial charge in [0.2, 0.25) is 5.82 Å². The number of aryl methyl sites for hydroxylation is 1. The van der Waals surface area contributed by atoms with Crippen molar-refractivity contribution < 1.29 is 4.57 Å². The Hall–Kier alpha value is -1.95.